The molecule has 0 saturated heterocycles. The number of aromatic nitrogens is 1. The van der Waals surface area contributed by atoms with Crippen LogP contribution in [0.25, 0.3) is 10.9 Å². The fraction of sp³-hybridized carbons (Fsp3) is 0.250. The van der Waals surface area contributed by atoms with Crippen LogP contribution in [0.5, 0.6) is 5.75 Å². The topological polar surface area (TPSA) is 42.2 Å². The number of rotatable bonds is 2. The summed E-state index contributed by atoms with van der Waals surface area (Å²) in [4.78, 5) is 10.9. The predicted octanol–water partition coefficient (Wildman–Crippen LogP) is 2.49. The van der Waals surface area contributed by atoms with Gasteiger partial charge < -0.3 is 9.67 Å². The van der Waals surface area contributed by atoms with Gasteiger partial charge in [-0.2, -0.15) is 0 Å². The van der Waals surface area contributed by atoms with Crippen LogP contribution in [0.15, 0.2) is 24.4 Å². The van der Waals surface area contributed by atoms with Crippen LogP contribution in [0.2, 0.25) is 0 Å². The maximum Gasteiger partial charge on any atom is 0.152 e. The Morgan fingerprint density at radius 3 is 2.87 bits per heavy atom. The SMILES string of the molecule is O=Cc1cn(C2CC2)c2cccc(O)c12. The van der Waals surface area contributed by atoms with Crippen molar-refractivity contribution in [3.63, 3.8) is 0 Å². The minimum Gasteiger partial charge on any atom is -0.507 e. The molecule has 1 aromatic carbocycles. The molecule has 1 N–H and O–H groups in total. The van der Waals surface area contributed by atoms with E-state index in [2.05, 4.69) is 4.57 Å². The maximum absolute atomic E-state index is 10.9. The lowest BCUT2D eigenvalue weighted by Gasteiger charge is -2.01. The number of fused-ring (bicyclic) bond motifs is 1. The van der Waals surface area contributed by atoms with Gasteiger partial charge in [0.25, 0.3) is 0 Å². The summed E-state index contributed by atoms with van der Waals surface area (Å²) in [5.41, 5.74) is 1.54. The van der Waals surface area contributed by atoms with Gasteiger partial charge in [0.15, 0.2) is 6.29 Å². The molecule has 1 heterocycles. The van der Waals surface area contributed by atoms with Crippen LogP contribution in [-0.4, -0.2) is 16.0 Å². The zero-order valence-electron chi connectivity index (χ0n) is 8.18. The van der Waals surface area contributed by atoms with E-state index in [1.54, 1.807) is 6.07 Å². The van der Waals surface area contributed by atoms with Gasteiger partial charge in [-0.1, -0.05) is 6.07 Å². The van der Waals surface area contributed by atoms with Crippen molar-refractivity contribution >= 4 is 17.2 Å². The van der Waals surface area contributed by atoms with Crippen LogP contribution >= 0.6 is 0 Å². The van der Waals surface area contributed by atoms with Crippen LogP contribution in [-0.2, 0) is 0 Å². The van der Waals surface area contributed by atoms with E-state index in [4.69, 9.17) is 0 Å². The molecule has 1 aliphatic rings. The molecule has 15 heavy (non-hydrogen) atoms. The average Bonchev–Trinajstić information content (AvgIpc) is 3.00. The van der Waals surface area contributed by atoms with E-state index in [0.717, 1.165) is 24.6 Å². The van der Waals surface area contributed by atoms with Crippen LogP contribution in [0, 0.1) is 0 Å². The van der Waals surface area contributed by atoms with E-state index >= 15 is 0 Å². The third-order valence-corrected chi connectivity index (χ3v) is 2.93. The molecule has 1 aliphatic carbocycles. The van der Waals surface area contributed by atoms with Crippen molar-refractivity contribution in [1.29, 1.82) is 0 Å². The third kappa shape index (κ3) is 1.16. The number of phenolic OH excluding ortho intramolecular Hbond substituents is 1. The molecule has 1 saturated carbocycles. The van der Waals surface area contributed by atoms with Crippen molar-refractivity contribution in [1.82, 2.24) is 4.57 Å². The molecule has 0 bridgehead atoms. The molecular weight excluding hydrogens is 190 g/mol. The van der Waals surface area contributed by atoms with Crippen molar-refractivity contribution in [2.75, 3.05) is 0 Å². The van der Waals surface area contributed by atoms with Gasteiger partial charge in [-0.15, -0.1) is 0 Å². The first-order valence-electron chi connectivity index (χ1n) is 5.09. The largest absolute Gasteiger partial charge is 0.507 e. The second-order valence-electron chi connectivity index (χ2n) is 4.01. The molecule has 3 rings (SSSR count). The molecule has 2 aromatic rings. The minimum absolute atomic E-state index is 0.189. The Kier molecular flexibility index (Phi) is 1.63. The smallest absolute Gasteiger partial charge is 0.152 e. The summed E-state index contributed by atoms with van der Waals surface area (Å²) in [6, 6.07) is 5.89. The van der Waals surface area contributed by atoms with E-state index in [9.17, 15) is 9.90 Å². The molecule has 76 valence electrons. The molecule has 0 unspecified atom stereocenters. The molecule has 0 radical (unpaired) electrons. The Morgan fingerprint density at radius 1 is 1.40 bits per heavy atom. The highest BCUT2D eigenvalue weighted by molar-refractivity contribution is 6.01. The summed E-state index contributed by atoms with van der Waals surface area (Å²) in [7, 11) is 0. The Morgan fingerprint density at radius 2 is 2.20 bits per heavy atom. The zero-order valence-corrected chi connectivity index (χ0v) is 8.18. The van der Waals surface area contributed by atoms with Crippen LogP contribution in [0.3, 0.4) is 0 Å². The van der Waals surface area contributed by atoms with Gasteiger partial charge in [0.1, 0.15) is 5.75 Å². The molecule has 0 atom stereocenters. The lowest BCUT2D eigenvalue weighted by atomic mass is 10.2. The number of aromatic hydroxyl groups is 1. The predicted molar refractivity (Wildman–Crippen MR) is 57.3 cm³/mol. The lowest BCUT2D eigenvalue weighted by Crippen LogP contribution is -1.89. The van der Waals surface area contributed by atoms with E-state index < -0.39 is 0 Å². The molecule has 1 aromatic heterocycles. The second kappa shape index (κ2) is 2.86. The molecule has 3 heteroatoms. The van der Waals surface area contributed by atoms with E-state index in [-0.39, 0.29) is 5.75 Å². The Bertz CT molecular complexity index is 538. The number of hydrogen-bond acceptors (Lipinski definition) is 2. The maximum atomic E-state index is 10.9. The second-order valence-corrected chi connectivity index (χ2v) is 4.01. The highest BCUT2D eigenvalue weighted by Gasteiger charge is 2.26. The summed E-state index contributed by atoms with van der Waals surface area (Å²) >= 11 is 0. The summed E-state index contributed by atoms with van der Waals surface area (Å²) < 4.78 is 2.10. The van der Waals surface area contributed by atoms with Crippen LogP contribution in [0.4, 0.5) is 0 Å². The number of phenols is 1. The number of nitrogens with zero attached hydrogens (tertiary/aromatic N) is 1. The average molecular weight is 201 g/mol. The first-order chi connectivity index (χ1) is 7.31. The fourth-order valence-corrected chi connectivity index (χ4v) is 2.07. The Hall–Kier alpha value is -1.77. The van der Waals surface area contributed by atoms with Gasteiger partial charge in [-0.3, -0.25) is 4.79 Å². The molecule has 0 aliphatic heterocycles. The quantitative estimate of drug-likeness (QED) is 0.758. The van der Waals surface area contributed by atoms with Crippen molar-refractivity contribution in [2.24, 2.45) is 0 Å². The normalized spacial score (nSPS) is 15.7. The van der Waals surface area contributed by atoms with Crippen molar-refractivity contribution in [3.8, 4) is 5.75 Å². The van der Waals surface area contributed by atoms with Gasteiger partial charge in [-0.05, 0) is 25.0 Å². The number of carbonyl (C=O) groups is 1. The standard InChI is InChI=1S/C12H11NO2/c14-7-8-6-13(9-4-5-9)10-2-1-3-11(15)12(8)10/h1-3,6-7,9,15H,4-5H2. The molecule has 0 spiro atoms. The lowest BCUT2D eigenvalue weighted by molar-refractivity contribution is 0.112. The van der Waals surface area contributed by atoms with Gasteiger partial charge in [-0.25, -0.2) is 0 Å². The monoisotopic (exact) mass is 201 g/mol. The van der Waals surface area contributed by atoms with Gasteiger partial charge in [0.05, 0.1) is 10.9 Å². The Balaban J connectivity index is 2.38. The van der Waals surface area contributed by atoms with Crippen LogP contribution < -0.4 is 0 Å². The van der Waals surface area contributed by atoms with E-state index in [1.165, 1.54) is 0 Å². The number of hydrogen-bond donors (Lipinski definition) is 1. The summed E-state index contributed by atoms with van der Waals surface area (Å²) in [6.45, 7) is 0. The van der Waals surface area contributed by atoms with Gasteiger partial charge in [0.2, 0.25) is 0 Å². The summed E-state index contributed by atoms with van der Waals surface area (Å²) in [5.74, 6) is 0.189. The minimum atomic E-state index is 0.189. The van der Waals surface area contributed by atoms with E-state index in [1.807, 2.05) is 18.3 Å². The fourth-order valence-electron chi connectivity index (χ4n) is 2.07. The highest BCUT2D eigenvalue weighted by atomic mass is 16.3. The van der Waals surface area contributed by atoms with Crippen molar-refractivity contribution in [2.45, 2.75) is 18.9 Å². The molecule has 0 amide bonds. The van der Waals surface area contributed by atoms with Gasteiger partial charge in [0, 0.05) is 17.8 Å². The third-order valence-electron chi connectivity index (χ3n) is 2.93. The van der Waals surface area contributed by atoms with Crippen molar-refractivity contribution < 1.29 is 9.90 Å². The van der Waals surface area contributed by atoms with Gasteiger partial charge >= 0.3 is 0 Å². The van der Waals surface area contributed by atoms with Crippen molar-refractivity contribution in [3.05, 3.63) is 30.0 Å². The van der Waals surface area contributed by atoms with E-state index in [0.29, 0.717) is 17.0 Å². The highest BCUT2D eigenvalue weighted by Crippen LogP contribution is 2.40. The zero-order chi connectivity index (χ0) is 10.4. The number of aldehydes is 1. The Labute approximate surface area is 86.9 Å². The summed E-state index contributed by atoms with van der Waals surface area (Å²) in [5, 5.41) is 10.4. The molecule has 1 fully saturated rings. The first kappa shape index (κ1) is 8.53. The molecule has 3 nitrogen and oxygen atoms in total. The summed E-state index contributed by atoms with van der Waals surface area (Å²) in [6.07, 6.45) is 4.98. The number of benzene rings is 1. The number of carbonyl (C=O) groups excluding carboxylic acids is 1. The molecular formula is C12H11NO2. The van der Waals surface area contributed by atoms with Crippen LogP contribution in [0.1, 0.15) is 29.2 Å². The first-order valence-corrected chi connectivity index (χ1v) is 5.09.